The molecule has 0 amide bonds. The van der Waals surface area contributed by atoms with Crippen molar-refractivity contribution in [2.75, 3.05) is 0 Å². The number of carbonyl (C=O) groups excluding carboxylic acids is 2. The second-order valence-electron chi connectivity index (χ2n) is 10.2. The third kappa shape index (κ3) is 3.42. The molecular formula is C28H29NO7. The highest BCUT2D eigenvalue weighted by Gasteiger charge is 2.76. The lowest BCUT2D eigenvalue weighted by atomic mass is 9.66. The number of rotatable bonds is 7. The Morgan fingerprint density at radius 1 is 1.08 bits per heavy atom. The number of hydrogen-bond acceptors (Lipinski definition) is 8. The standard InChI is InChI=1S/C28H29NO7/c1-5-18-14-21(30)19-9-10-22(33-15-17-8-6-7-13-29-17)20(23(19)35-18)16-34-25(32)28-12-11-27(4,24(31)36-28)26(28,2)3/h6-10,13-14H,5,11-12,15-16H2,1-4H3. The average molecular weight is 492 g/mol. The molecule has 5 rings (SSSR count). The Labute approximate surface area is 208 Å². The third-order valence-corrected chi connectivity index (χ3v) is 8.22. The van der Waals surface area contributed by atoms with Crippen LogP contribution in [0.5, 0.6) is 5.75 Å². The van der Waals surface area contributed by atoms with Gasteiger partial charge in [-0.2, -0.15) is 0 Å². The van der Waals surface area contributed by atoms with Crippen LogP contribution in [0.25, 0.3) is 11.0 Å². The van der Waals surface area contributed by atoms with Crippen molar-refractivity contribution >= 4 is 22.9 Å². The molecule has 36 heavy (non-hydrogen) atoms. The van der Waals surface area contributed by atoms with E-state index in [9.17, 15) is 14.4 Å². The van der Waals surface area contributed by atoms with Crippen LogP contribution in [0.3, 0.4) is 0 Å². The maximum atomic E-state index is 13.5. The van der Waals surface area contributed by atoms with Gasteiger partial charge in [-0.25, -0.2) is 4.79 Å². The van der Waals surface area contributed by atoms with Gasteiger partial charge in [0, 0.05) is 24.1 Å². The Morgan fingerprint density at radius 3 is 2.53 bits per heavy atom. The van der Waals surface area contributed by atoms with Gasteiger partial charge in [-0.3, -0.25) is 14.6 Å². The number of fused-ring (bicyclic) bond motifs is 3. The molecule has 1 aliphatic carbocycles. The number of pyridine rings is 1. The fourth-order valence-corrected chi connectivity index (χ4v) is 5.34. The van der Waals surface area contributed by atoms with Crippen molar-refractivity contribution < 1.29 is 28.2 Å². The second-order valence-corrected chi connectivity index (χ2v) is 10.2. The number of aromatic nitrogens is 1. The maximum Gasteiger partial charge on any atom is 0.351 e. The van der Waals surface area contributed by atoms with Gasteiger partial charge >= 0.3 is 11.9 Å². The molecule has 0 radical (unpaired) electrons. The molecule has 0 spiro atoms. The molecule has 3 heterocycles. The van der Waals surface area contributed by atoms with Gasteiger partial charge in [0.15, 0.2) is 5.43 Å². The summed E-state index contributed by atoms with van der Waals surface area (Å²) >= 11 is 0. The van der Waals surface area contributed by atoms with E-state index in [1.807, 2.05) is 45.9 Å². The number of carbonyl (C=O) groups is 2. The molecule has 2 atom stereocenters. The minimum Gasteiger partial charge on any atom is -0.487 e. The van der Waals surface area contributed by atoms with Crippen molar-refractivity contribution in [2.24, 2.45) is 10.8 Å². The predicted octanol–water partition coefficient (Wildman–Crippen LogP) is 4.49. The van der Waals surface area contributed by atoms with Crippen molar-refractivity contribution in [1.29, 1.82) is 0 Å². The topological polar surface area (TPSA) is 105 Å². The van der Waals surface area contributed by atoms with E-state index in [1.165, 1.54) is 6.07 Å². The molecule has 8 heteroatoms. The van der Waals surface area contributed by atoms with E-state index >= 15 is 0 Å². The first-order valence-electron chi connectivity index (χ1n) is 12.1. The zero-order valence-electron chi connectivity index (χ0n) is 20.9. The van der Waals surface area contributed by atoms with Crippen LogP contribution in [0.4, 0.5) is 0 Å². The number of ether oxygens (including phenoxy) is 3. The normalized spacial score (nSPS) is 24.1. The maximum absolute atomic E-state index is 13.5. The van der Waals surface area contributed by atoms with Crippen LogP contribution < -0.4 is 10.2 Å². The molecule has 188 valence electrons. The summed E-state index contributed by atoms with van der Waals surface area (Å²) in [5.41, 5.74) is -1.56. The highest BCUT2D eigenvalue weighted by atomic mass is 16.6. The molecule has 2 bridgehead atoms. The van der Waals surface area contributed by atoms with Gasteiger partial charge in [-0.05, 0) is 44.0 Å². The summed E-state index contributed by atoms with van der Waals surface area (Å²) in [4.78, 5) is 43.1. The lowest BCUT2D eigenvalue weighted by molar-refractivity contribution is -0.184. The van der Waals surface area contributed by atoms with Crippen LogP contribution in [0, 0.1) is 10.8 Å². The van der Waals surface area contributed by atoms with Gasteiger partial charge < -0.3 is 18.6 Å². The summed E-state index contributed by atoms with van der Waals surface area (Å²) in [5.74, 6) is -0.0608. The summed E-state index contributed by atoms with van der Waals surface area (Å²) in [7, 11) is 0. The zero-order valence-corrected chi connectivity index (χ0v) is 20.9. The summed E-state index contributed by atoms with van der Waals surface area (Å²) in [6.45, 7) is 7.44. The first kappa shape index (κ1) is 24.0. The lowest BCUT2D eigenvalue weighted by Crippen LogP contribution is -2.48. The van der Waals surface area contributed by atoms with Crippen molar-refractivity contribution in [3.05, 3.63) is 69.8 Å². The van der Waals surface area contributed by atoms with Crippen LogP contribution >= 0.6 is 0 Å². The monoisotopic (exact) mass is 491 g/mol. The molecule has 2 aliphatic rings. The molecule has 1 aromatic carbocycles. The number of aryl methyl sites for hydroxylation is 1. The highest BCUT2D eigenvalue weighted by molar-refractivity contribution is 5.93. The van der Waals surface area contributed by atoms with E-state index in [0.29, 0.717) is 53.0 Å². The molecular weight excluding hydrogens is 462 g/mol. The summed E-state index contributed by atoms with van der Waals surface area (Å²) < 4.78 is 23.5. The van der Waals surface area contributed by atoms with Gasteiger partial charge in [0.05, 0.1) is 22.1 Å². The van der Waals surface area contributed by atoms with Crippen molar-refractivity contribution in [1.82, 2.24) is 4.98 Å². The van der Waals surface area contributed by atoms with Gasteiger partial charge in [-0.1, -0.05) is 26.8 Å². The number of benzene rings is 1. The van der Waals surface area contributed by atoms with E-state index < -0.39 is 22.4 Å². The van der Waals surface area contributed by atoms with E-state index in [0.717, 1.165) is 0 Å². The third-order valence-electron chi connectivity index (χ3n) is 8.22. The molecule has 1 saturated carbocycles. The minimum absolute atomic E-state index is 0.179. The SMILES string of the molecule is CCc1cc(=O)c2ccc(OCc3ccccn3)c(COC(=O)C34CCC(C)(C(=O)O3)C4(C)C)c2o1. The number of esters is 2. The first-order valence-corrected chi connectivity index (χ1v) is 12.1. The Bertz CT molecular complexity index is 1410. The van der Waals surface area contributed by atoms with Crippen LogP contribution in [0.2, 0.25) is 0 Å². The first-order chi connectivity index (χ1) is 17.1. The van der Waals surface area contributed by atoms with Gasteiger partial charge in [0.2, 0.25) is 5.60 Å². The Hall–Kier alpha value is -3.68. The smallest absolute Gasteiger partial charge is 0.351 e. The Morgan fingerprint density at radius 2 is 1.89 bits per heavy atom. The molecule has 2 unspecified atom stereocenters. The molecule has 1 saturated heterocycles. The second kappa shape index (κ2) is 8.47. The fraction of sp³-hybridized carbons (Fsp3) is 0.429. The molecule has 3 aromatic rings. The quantitative estimate of drug-likeness (QED) is 0.445. The summed E-state index contributed by atoms with van der Waals surface area (Å²) in [5, 5.41) is 0.364. The van der Waals surface area contributed by atoms with Gasteiger partial charge in [0.1, 0.15) is 30.3 Å². The molecule has 1 aliphatic heterocycles. The Kier molecular flexibility index (Phi) is 5.65. The number of hydrogen-bond donors (Lipinski definition) is 0. The Balaban J connectivity index is 1.50. The van der Waals surface area contributed by atoms with E-state index in [1.54, 1.807) is 18.3 Å². The van der Waals surface area contributed by atoms with Crippen molar-refractivity contribution in [2.45, 2.75) is 65.8 Å². The zero-order chi connectivity index (χ0) is 25.7. The van der Waals surface area contributed by atoms with Crippen LogP contribution in [-0.4, -0.2) is 22.5 Å². The van der Waals surface area contributed by atoms with Gasteiger partial charge in [0.25, 0.3) is 0 Å². The molecule has 0 N–H and O–H groups in total. The molecule has 2 aromatic heterocycles. The van der Waals surface area contributed by atoms with Crippen LogP contribution in [-0.2, 0) is 38.7 Å². The highest BCUT2D eigenvalue weighted by Crippen LogP contribution is 2.65. The largest absolute Gasteiger partial charge is 0.487 e. The lowest BCUT2D eigenvalue weighted by Gasteiger charge is -2.34. The van der Waals surface area contributed by atoms with E-state index in [2.05, 4.69) is 4.98 Å². The van der Waals surface area contributed by atoms with Crippen molar-refractivity contribution in [3.8, 4) is 5.75 Å². The predicted molar refractivity (Wildman–Crippen MR) is 130 cm³/mol. The fourth-order valence-electron chi connectivity index (χ4n) is 5.34. The average Bonchev–Trinajstić information content (AvgIpc) is 3.17. The van der Waals surface area contributed by atoms with Gasteiger partial charge in [-0.15, -0.1) is 0 Å². The molecule has 8 nitrogen and oxygen atoms in total. The minimum atomic E-state index is -1.35. The van der Waals surface area contributed by atoms with Crippen LogP contribution in [0.1, 0.15) is 57.6 Å². The van der Waals surface area contributed by atoms with E-state index in [-0.39, 0.29) is 24.6 Å². The number of nitrogens with zero attached hydrogens (tertiary/aromatic N) is 1. The van der Waals surface area contributed by atoms with E-state index in [4.69, 9.17) is 18.6 Å². The van der Waals surface area contributed by atoms with Crippen molar-refractivity contribution in [3.63, 3.8) is 0 Å². The van der Waals surface area contributed by atoms with Crippen LogP contribution in [0.15, 0.2) is 51.8 Å². The summed E-state index contributed by atoms with van der Waals surface area (Å²) in [6, 6.07) is 10.3. The summed E-state index contributed by atoms with van der Waals surface area (Å²) in [6.07, 6.45) is 3.15. The molecule has 2 fully saturated rings.